The minimum Gasteiger partial charge on any atom is -0.478 e. The number of Topliss-reactive ketones (excluding diaryl/α,β-unsaturated/α-hetero) is 2. The Kier molecular flexibility index (Phi) is 17.9. The first-order valence-corrected chi connectivity index (χ1v) is 21.7. The minimum atomic E-state index is -0.976. The average Bonchev–Trinajstić information content (AvgIpc) is 3.40. The lowest BCUT2D eigenvalue weighted by molar-refractivity contribution is 0.0696. The molecule has 0 aliphatic rings. The van der Waals surface area contributed by atoms with Crippen LogP contribution in [0.3, 0.4) is 0 Å². The van der Waals surface area contributed by atoms with Gasteiger partial charge in [-0.3, -0.25) is 9.59 Å². The van der Waals surface area contributed by atoms with E-state index in [4.69, 9.17) is 43.4 Å². The number of carboxylic acids is 1. The summed E-state index contributed by atoms with van der Waals surface area (Å²) >= 11 is 0. The molecule has 0 aliphatic heterocycles. The molecule has 0 radical (unpaired) electrons. The Morgan fingerprint density at radius 2 is 0.771 bits per heavy atom. The van der Waals surface area contributed by atoms with Crippen molar-refractivity contribution in [3.05, 3.63) is 145 Å². The Bertz CT molecular complexity index is 3120. The fourth-order valence-corrected chi connectivity index (χ4v) is 6.64. The lowest BCUT2D eigenvalue weighted by Gasteiger charge is -2.06. The third-order valence-electron chi connectivity index (χ3n) is 10.1. The van der Waals surface area contributed by atoms with E-state index in [1.807, 2.05) is 48.5 Å². The number of ketones is 2. The minimum absolute atomic E-state index is 0.00420. The number of anilines is 3. The molecule has 0 amide bonds. The Morgan fingerprint density at radius 1 is 0.443 bits per heavy atom. The molecule has 6 heterocycles. The summed E-state index contributed by atoms with van der Waals surface area (Å²) in [6.07, 6.45) is 5.76. The van der Waals surface area contributed by atoms with Crippen molar-refractivity contribution in [3.8, 4) is 33.8 Å². The lowest BCUT2D eigenvalue weighted by atomic mass is 10.0. The molecular weight excluding hydrogens is 895 g/mol. The largest absolute Gasteiger partial charge is 0.478 e. The summed E-state index contributed by atoms with van der Waals surface area (Å²) in [7, 11) is 0. The highest BCUT2D eigenvalue weighted by atomic mass is 16.4. The molecule has 3 aromatic carbocycles. The van der Waals surface area contributed by atoms with Crippen LogP contribution in [0.4, 0.5) is 17.5 Å². The van der Waals surface area contributed by atoms with Gasteiger partial charge in [-0.1, -0.05) is 48.5 Å². The van der Waals surface area contributed by atoms with E-state index in [1.165, 1.54) is 25.0 Å². The van der Waals surface area contributed by atoms with Crippen LogP contribution in [0.15, 0.2) is 128 Å². The van der Waals surface area contributed by atoms with Crippen LogP contribution < -0.4 is 22.9 Å². The van der Waals surface area contributed by atoms with Crippen molar-refractivity contribution in [1.82, 2.24) is 44.9 Å². The van der Waals surface area contributed by atoms with Gasteiger partial charge in [-0.15, -0.1) is 0 Å². The van der Waals surface area contributed by atoms with E-state index in [0.717, 1.165) is 11.1 Å². The van der Waals surface area contributed by atoms with Crippen molar-refractivity contribution in [2.24, 2.45) is 5.73 Å². The molecule has 0 unspecified atom stereocenters. The van der Waals surface area contributed by atoms with Gasteiger partial charge in [0.1, 0.15) is 35.5 Å². The summed E-state index contributed by atoms with van der Waals surface area (Å²) in [5.74, 6) is -0.0187. The summed E-state index contributed by atoms with van der Waals surface area (Å²) in [5.41, 5.74) is 31.6. The van der Waals surface area contributed by atoms with Gasteiger partial charge in [0.15, 0.2) is 29.0 Å². The molecule has 0 atom stereocenters. The number of aromatic carboxylic acids is 1. The molecule has 20 heteroatoms. The fraction of sp³-hybridized carbons (Fsp3) is 0.160. The number of aliphatic hydroxyl groups is 3. The maximum atomic E-state index is 12.1. The van der Waals surface area contributed by atoms with Gasteiger partial charge >= 0.3 is 5.97 Å². The summed E-state index contributed by atoms with van der Waals surface area (Å²) in [4.78, 5) is 72.7. The molecule has 0 saturated carbocycles. The Morgan fingerprint density at radius 3 is 1.09 bits per heavy atom. The van der Waals surface area contributed by atoms with Crippen molar-refractivity contribution in [2.75, 3.05) is 43.6 Å². The first kappa shape index (κ1) is 50.6. The second kappa shape index (κ2) is 24.8. The predicted octanol–water partition coefficient (Wildman–Crippen LogP) is 5.37. The smallest absolute Gasteiger partial charge is 0.335 e. The first-order chi connectivity index (χ1) is 33.9. The molecule has 0 aliphatic carbocycles. The van der Waals surface area contributed by atoms with Crippen molar-refractivity contribution in [2.45, 2.75) is 25.7 Å². The van der Waals surface area contributed by atoms with Gasteiger partial charge in [0.25, 0.3) is 0 Å². The van der Waals surface area contributed by atoms with Crippen molar-refractivity contribution >= 4 is 68.1 Å². The van der Waals surface area contributed by atoms with Gasteiger partial charge in [0.2, 0.25) is 0 Å². The highest BCUT2D eigenvalue weighted by Crippen LogP contribution is 2.26. The number of nitrogens with two attached hydrogens (primary N) is 4. The second-order valence-electron chi connectivity index (χ2n) is 15.0. The van der Waals surface area contributed by atoms with Crippen LogP contribution in [-0.4, -0.2) is 109 Å². The Balaban J connectivity index is 0.000000166. The van der Waals surface area contributed by atoms with Crippen LogP contribution in [0.25, 0.3) is 66.9 Å². The molecule has 12 N–H and O–H groups in total. The number of aliphatic hydroxyl groups excluding tert-OH is 3. The number of nitrogens with zero attached hydrogens (tertiary/aromatic N) is 9. The van der Waals surface area contributed by atoms with Gasteiger partial charge in [-0.25, -0.2) is 49.7 Å². The zero-order valence-electron chi connectivity index (χ0n) is 37.6. The Hall–Kier alpha value is -8.82. The molecule has 70 heavy (non-hydrogen) atoms. The molecule has 356 valence electrons. The van der Waals surface area contributed by atoms with Crippen molar-refractivity contribution < 1.29 is 34.8 Å². The van der Waals surface area contributed by atoms with Crippen LogP contribution in [0.5, 0.6) is 0 Å². The number of carboxylic acid groups (broad SMARTS) is 1. The highest BCUT2D eigenvalue weighted by Gasteiger charge is 2.13. The normalized spacial score (nSPS) is 10.6. The third-order valence-corrected chi connectivity index (χ3v) is 10.1. The molecule has 9 aromatic rings. The number of carbonyl (C=O) groups is 3. The molecule has 20 nitrogen and oxygen atoms in total. The van der Waals surface area contributed by atoms with Gasteiger partial charge in [-0.2, -0.15) is 0 Å². The van der Waals surface area contributed by atoms with Crippen LogP contribution in [0.2, 0.25) is 0 Å². The zero-order valence-corrected chi connectivity index (χ0v) is 37.6. The number of rotatable bonds is 13. The van der Waals surface area contributed by atoms with E-state index in [-0.39, 0.29) is 37.0 Å². The van der Waals surface area contributed by atoms with E-state index in [0.29, 0.717) is 117 Å². The quantitative estimate of drug-likeness (QED) is 0.0673. The van der Waals surface area contributed by atoms with Crippen LogP contribution in [-0.2, 0) is 0 Å². The molecular formula is C50H49N13O7. The summed E-state index contributed by atoms with van der Waals surface area (Å²) < 4.78 is 0. The number of fused-ring (bicyclic) bond motifs is 3. The average molecular weight is 944 g/mol. The molecule has 0 bridgehead atoms. The van der Waals surface area contributed by atoms with Gasteiger partial charge in [-0.05, 0) is 73.5 Å². The van der Waals surface area contributed by atoms with Crippen LogP contribution in [0, 0.1) is 0 Å². The lowest BCUT2D eigenvalue weighted by Crippen LogP contribution is -2.02. The van der Waals surface area contributed by atoms with E-state index in [9.17, 15) is 14.4 Å². The molecule has 0 fully saturated rings. The number of benzene rings is 3. The number of pyridine rings is 3. The van der Waals surface area contributed by atoms with Crippen LogP contribution in [0.1, 0.15) is 56.8 Å². The Labute approximate surface area is 400 Å². The van der Waals surface area contributed by atoms with Crippen molar-refractivity contribution in [1.29, 1.82) is 0 Å². The number of hydrogen-bond acceptors (Lipinski definition) is 19. The molecule has 6 aromatic heterocycles. The summed E-state index contributed by atoms with van der Waals surface area (Å²) in [6.45, 7) is 0.494. The number of hydrogen-bond donors (Lipinski definition) is 8. The maximum Gasteiger partial charge on any atom is 0.335 e. The topological polar surface area (TPSA) is 352 Å². The number of nitrogen functional groups attached to an aromatic ring is 3. The maximum absolute atomic E-state index is 12.1. The third kappa shape index (κ3) is 13.2. The highest BCUT2D eigenvalue weighted by molar-refractivity contribution is 5.98. The van der Waals surface area contributed by atoms with Gasteiger partial charge < -0.3 is 43.4 Å². The zero-order chi connectivity index (χ0) is 50.0. The first-order valence-electron chi connectivity index (χ1n) is 21.7. The van der Waals surface area contributed by atoms with E-state index in [1.54, 1.807) is 54.6 Å². The second-order valence-corrected chi connectivity index (χ2v) is 15.0. The molecule has 0 saturated heterocycles. The van der Waals surface area contributed by atoms with Gasteiger partial charge in [0.05, 0.1) is 45.8 Å². The van der Waals surface area contributed by atoms with Crippen molar-refractivity contribution in [3.63, 3.8) is 0 Å². The standard InChI is InChI=1S/2C17H16N4O2.C14H10N4O2.C2H7NO/c2*18-17-16-14(19-10-20-17)7-6-13(21-16)11-3-1-4-12(9-11)15(23)5-2-8-22;15-13-12-11(16-7-17-13)5-4-10(18-12)8-2-1-3-9(6-8)14(19)20;3-1-2-4/h2*1,3-4,6-7,9-10,22H,2,5,8H2,(H2,18,19,20);1-7H,(H,19,20)(H2,15,16,17);4H,1-3H2. The molecule has 0 spiro atoms. The SMILES string of the molecule is NCCO.Nc1ncnc2ccc(-c3cccc(C(=O)CCCO)c3)nc12.Nc1ncnc2ccc(-c3cccc(C(=O)CCCO)c3)nc12.Nc1ncnc2ccc(-c3cccc(C(=O)O)c3)nc12. The summed E-state index contributed by atoms with van der Waals surface area (Å²) in [6, 6.07) is 32.0. The van der Waals surface area contributed by atoms with E-state index < -0.39 is 5.97 Å². The number of aromatic nitrogens is 9. The molecule has 9 rings (SSSR count). The summed E-state index contributed by atoms with van der Waals surface area (Å²) in [5, 5.41) is 34.4. The predicted molar refractivity (Wildman–Crippen MR) is 266 cm³/mol. The number of carbonyl (C=O) groups excluding carboxylic acids is 2. The van der Waals surface area contributed by atoms with E-state index in [2.05, 4.69) is 44.9 Å². The fourth-order valence-electron chi connectivity index (χ4n) is 6.64. The monoisotopic (exact) mass is 943 g/mol. The van der Waals surface area contributed by atoms with E-state index >= 15 is 0 Å². The van der Waals surface area contributed by atoms with Crippen LogP contribution >= 0.6 is 0 Å². The van der Waals surface area contributed by atoms with Gasteiger partial charge in [0, 0.05) is 60.4 Å².